The summed E-state index contributed by atoms with van der Waals surface area (Å²) in [6.45, 7) is 5.65. The molecule has 8 nitrogen and oxygen atoms in total. The molecule has 0 heterocycles. The van der Waals surface area contributed by atoms with Crippen LogP contribution in [0.1, 0.15) is 142 Å². The van der Waals surface area contributed by atoms with E-state index < -0.39 is 31.7 Å². The van der Waals surface area contributed by atoms with Gasteiger partial charge in [0.15, 0.2) is 0 Å². The summed E-state index contributed by atoms with van der Waals surface area (Å²) < 4.78 is 72.0. The summed E-state index contributed by atoms with van der Waals surface area (Å²) in [5, 5.41) is 0. The number of hydrogen-bond donors (Lipinski definition) is 0. The molecule has 0 saturated carbocycles. The van der Waals surface area contributed by atoms with Crippen LogP contribution in [0.3, 0.4) is 0 Å². The van der Waals surface area contributed by atoms with E-state index in [0.29, 0.717) is 13.2 Å². The monoisotopic (exact) mass is 610 g/mol. The Morgan fingerprint density at radius 2 is 0.641 bits per heavy atom. The molecule has 0 N–H and O–H groups in total. The van der Waals surface area contributed by atoms with Crippen molar-refractivity contribution in [3.05, 3.63) is 0 Å². The molecule has 0 fully saturated rings. The summed E-state index contributed by atoms with van der Waals surface area (Å²) >= 11 is 0. The van der Waals surface area contributed by atoms with Crippen molar-refractivity contribution in [3.63, 3.8) is 0 Å². The Morgan fingerprint density at radius 3 is 0.872 bits per heavy atom. The zero-order valence-corrected chi connectivity index (χ0v) is 28.2. The first-order chi connectivity index (χ1) is 18.1. The van der Waals surface area contributed by atoms with Crippen LogP contribution in [0.15, 0.2) is 0 Å². The first-order valence-corrected chi connectivity index (χ1v) is 18.3. The maximum Gasteiger partial charge on any atom is 2.00 e. The molecule has 0 saturated heterocycles. The summed E-state index contributed by atoms with van der Waals surface area (Å²) in [5.41, 5.74) is 0. The molecule has 0 aliphatic rings. The van der Waals surface area contributed by atoms with E-state index in [1.54, 1.807) is 0 Å². The van der Waals surface area contributed by atoms with Gasteiger partial charge in [0, 0.05) is 13.2 Å². The second-order valence-corrected chi connectivity index (χ2v) is 13.2. The molecule has 0 rings (SSSR count). The molecule has 0 aliphatic carbocycles. The molecule has 0 spiro atoms. The van der Waals surface area contributed by atoms with Crippen LogP contribution in [0, 0.1) is 0 Å². The van der Waals surface area contributed by atoms with Crippen LogP contribution < -0.4 is 0 Å². The Balaban J connectivity index is -0.000000648. The van der Waals surface area contributed by atoms with Gasteiger partial charge in [-0.3, -0.25) is 0 Å². The normalized spacial score (nSPS) is 11.6. The topological polar surface area (TPSA) is 133 Å². The van der Waals surface area contributed by atoms with Gasteiger partial charge in [-0.05, 0) is 12.8 Å². The van der Waals surface area contributed by atoms with Crippen LogP contribution >= 0.6 is 0 Å². The molecule has 232 valence electrons. The van der Waals surface area contributed by atoms with Crippen LogP contribution in [0.5, 0.6) is 0 Å². The van der Waals surface area contributed by atoms with Gasteiger partial charge in [-0.15, -0.1) is 0 Å². The third-order valence-electron chi connectivity index (χ3n) is 6.24. The number of rotatable bonds is 28. The Morgan fingerprint density at radius 1 is 0.410 bits per heavy atom. The Bertz CT molecular complexity index is 615. The maximum atomic E-state index is 10.3. The second-order valence-electron chi connectivity index (χ2n) is 10.1. The van der Waals surface area contributed by atoms with Gasteiger partial charge in [0.2, 0.25) is 0 Å². The van der Waals surface area contributed by atoms with Gasteiger partial charge in [-0.1, -0.05) is 129 Å². The standard InChI is InChI=1S/2C14H30O4S.Mg/c2*1-2-3-4-5-6-7-8-9-10-11-12-18-13-14-19(15,16)17;/h2*2-14H2,1H3,(H,15,16,17);/q;;+2/p-2. The van der Waals surface area contributed by atoms with Crippen LogP contribution in [-0.2, 0) is 29.7 Å². The van der Waals surface area contributed by atoms with E-state index >= 15 is 0 Å². The van der Waals surface area contributed by atoms with Crippen LogP contribution in [0.25, 0.3) is 0 Å². The van der Waals surface area contributed by atoms with Crippen molar-refractivity contribution in [2.75, 3.05) is 37.9 Å². The van der Waals surface area contributed by atoms with E-state index in [2.05, 4.69) is 13.8 Å². The molecule has 0 unspecified atom stereocenters. The molecule has 0 aliphatic heterocycles. The van der Waals surface area contributed by atoms with Gasteiger partial charge in [-0.25, -0.2) is 16.8 Å². The summed E-state index contributed by atoms with van der Waals surface area (Å²) in [6, 6.07) is 0. The molecular formula is C28H58MgO8S2. The van der Waals surface area contributed by atoms with E-state index in [1.807, 2.05) is 0 Å². The molecule has 11 heteroatoms. The van der Waals surface area contributed by atoms with Gasteiger partial charge >= 0.3 is 23.1 Å². The molecule has 0 amide bonds. The first-order valence-electron chi connectivity index (χ1n) is 15.1. The van der Waals surface area contributed by atoms with Crippen molar-refractivity contribution in [2.24, 2.45) is 0 Å². The van der Waals surface area contributed by atoms with E-state index in [9.17, 15) is 25.9 Å². The average Bonchev–Trinajstić information content (AvgIpc) is 2.84. The SMILES string of the molecule is CCCCCCCCCCCCOCCS(=O)(=O)[O-].CCCCCCCCCCCCOCCS(=O)(=O)[O-].[Mg+2]. The van der Waals surface area contributed by atoms with Crippen LogP contribution in [0.2, 0.25) is 0 Å². The van der Waals surface area contributed by atoms with E-state index in [-0.39, 0.29) is 36.3 Å². The number of unbranched alkanes of at least 4 members (excludes halogenated alkanes) is 18. The number of hydrogen-bond acceptors (Lipinski definition) is 8. The van der Waals surface area contributed by atoms with Crippen molar-refractivity contribution in [1.29, 1.82) is 0 Å². The fourth-order valence-corrected chi connectivity index (χ4v) is 4.55. The molecule has 0 bridgehead atoms. The molecule has 0 aromatic heterocycles. The summed E-state index contributed by atoms with van der Waals surface area (Å²) in [4.78, 5) is 0. The fourth-order valence-electron chi connectivity index (χ4n) is 3.91. The molecular weight excluding hydrogens is 553 g/mol. The summed E-state index contributed by atoms with van der Waals surface area (Å²) in [5.74, 6) is -0.824. The van der Waals surface area contributed by atoms with Gasteiger partial charge in [0.05, 0.1) is 45.0 Å². The van der Waals surface area contributed by atoms with Gasteiger partial charge < -0.3 is 18.6 Å². The van der Waals surface area contributed by atoms with Crippen molar-refractivity contribution in [3.8, 4) is 0 Å². The number of ether oxygens (including phenoxy) is 2. The predicted molar refractivity (Wildman–Crippen MR) is 160 cm³/mol. The minimum absolute atomic E-state index is 0. The quantitative estimate of drug-likeness (QED) is 0.0552. The third-order valence-corrected chi connectivity index (χ3v) is 7.57. The Kier molecular flexibility index (Phi) is 37.2. The van der Waals surface area contributed by atoms with E-state index in [0.717, 1.165) is 25.7 Å². The van der Waals surface area contributed by atoms with Gasteiger partial charge in [0.25, 0.3) is 0 Å². The third kappa shape index (κ3) is 48.6. The van der Waals surface area contributed by atoms with E-state index in [4.69, 9.17) is 9.47 Å². The average molecular weight is 611 g/mol. The zero-order chi connectivity index (χ0) is 28.8. The van der Waals surface area contributed by atoms with Crippen molar-refractivity contribution >= 4 is 43.3 Å². The predicted octanol–water partition coefficient (Wildman–Crippen LogP) is 6.56. The minimum atomic E-state index is -4.11. The van der Waals surface area contributed by atoms with Crippen molar-refractivity contribution in [2.45, 2.75) is 142 Å². The smallest absolute Gasteiger partial charge is 0.748 e. The largest absolute Gasteiger partial charge is 2.00 e. The molecule has 39 heavy (non-hydrogen) atoms. The van der Waals surface area contributed by atoms with Gasteiger partial charge in [0.1, 0.15) is 0 Å². The van der Waals surface area contributed by atoms with Crippen molar-refractivity contribution in [1.82, 2.24) is 0 Å². The second kappa shape index (κ2) is 33.0. The minimum Gasteiger partial charge on any atom is -0.748 e. The van der Waals surface area contributed by atoms with Crippen LogP contribution in [-0.4, -0.2) is 86.9 Å². The first kappa shape index (κ1) is 44.0. The van der Waals surface area contributed by atoms with E-state index in [1.165, 1.54) is 103 Å². The zero-order valence-electron chi connectivity index (χ0n) is 25.2. The molecule has 0 aromatic carbocycles. The molecule has 0 aromatic rings. The van der Waals surface area contributed by atoms with Crippen molar-refractivity contribution < 1.29 is 35.4 Å². The summed E-state index contributed by atoms with van der Waals surface area (Å²) in [6.07, 6.45) is 25.3. The Hall–Kier alpha value is 0.506. The van der Waals surface area contributed by atoms with Gasteiger partial charge in [-0.2, -0.15) is 0 Å². The molecule has 0 atom stereocenters. The van der Waals surface area contributed by atoms with Crippen LogP contribution in [0.4, 0.5) is 0 Å². The fraction of sp³-hybridized carbons (Fsp3) is 1.00. The summed E-state index contributed by atoms with van der Waals surface area (Å²) in [7, 11) is -8.23. The maximum absolute atomic E-state index is 10.3. The Labute approximate surface area is 257 Å². The molecule has 0 radical (unpaired) electrons.